The van der Waals surface area contributed by atoms with Crippen LogP contribution in [0, 0.1) is 0 Å². The van der Waals surface area contributed by atoms with Crippen LogP contribution >= 0.6 is 0 Å². The summed E-state index contributed by atoms with van der Waals surface area (Å²) in [7, 11) is 1.73. The third kappa shape index (κ3) is 2.20. The fourth-order valence-corrected chi connectivity index (χ4v) is 3.01. The van der Waals surface area contributed by atoms with Crippen LogP contribution in [0.2, 0.25) is 0 Å². The van der Waals surface area contributed by atoms with Crippen LogP contribution in [0.25, 0.3) is 0 Å². The van der Waals surface area contributed by atoms with Crippen molar-refractivity contribution >= 4 is 0 Å². The molecule has 0 saturated heterocycles. The lowest BCUT2D eigenvalue weighted by atomic mass is 9.75. The Bertz CT molecular complexity index is 604. The Labute approximate surface area is 120 Å². The lowest BCUT2D eigenvalue weighted by molar-refractivity contribution is 0.391. The minimum absolute atomic E-state index is 0.120. The quantitative estimate of drug-likeness (QED) is 0.896. The lowest BCUT2D eigenvalue weighted by Crippen LogP contribution is -2.42. The van der Waals surface area contributed by atoms with Gasteiger partial charge in [-0.15, -0.1) is 0 Å². The molecule has 3 rings (SSSR count). The van der Waals surface area contributed by atoms with E-state index in [4.69, 9.17) is 4.74 Å². The Kier molecular flexibility index (Phi) is 3.27. The molecule has 0 fully saturated rings. The standard InChI is InChI=1S/C18H21NO/c1-18(2)12-19-17(13-7-5-4-6-8-13)15-10-9-14(20-3)11-16(15)18/h4-11,17,19H,12H2,1-3H3. The SMILES string of the molecule is COc1ccc2c(c1)C(C)(C)CNC2c1ccccc1. The minimum Gasteiger partial charge on any atom is -0.497 e. The molecule has 0 aromatic heterocycles. The van der Waals surface area contributed by atoms with Gasteiger partial charge in [-0.2, -0.15) is 0 Å². The Morgan fingerprint density at radius 3 is 2.55 bits per heavy atom. The van der Waals surface area contributed by atoms with Gasteiger partial charge < -0.3 is 10.1 Å². The van der Waals surface area contributed by atoms with Gasteiger partial charge in [-0.25, -0.2) is 0 Å². The van der Waals surface area contributed by atoms with Crippen molar-refractivity contribution in [1.29, 1.82) is 0 Å². The maximum atomic E-state index is 5.39. The van der Waals surface area contributed by atoms with Gasteiger partial charge in [-0.1, -0.05) is 50.2 Å². The van der Waals surface area contributed by atoms with Crippen molar-refractivity contribution in [3.63, 3.8) is 0 Å². The molecule has 0 bridgehead atoms. The summed E-state index contributed by atoms with van der Waals surface area (Å²) in [4.78, 5) is 0. The fourth-order valence-electron chi connectivity index (χ4n) is 3.01. The second kappa shape index (κ2) is 4.95. The van der Waals surface area contributed by atoms with Crippen molar-refractivity contribution in [2.45, 2.75) is 25.3 Å². The molecule has 0 spiro atoms. The molecule has 1 aliphatic rings. The molecule has 20 heavy (non-hydrogen) atoms. The van der Waals surface area contributed by atoms with E-state index in [0.717, 1.165) is 12.3 Å². The van der Waals surface area contributed by atoms with Gasteiger partial charge in [0.15, 0.2) is 0 Å². The fraction of sp³-hybridized carbons (Fsp3) is 0.333. The Morgan fingerprint density at radius 2 is 1.85 bits per heavy atom. The number of fused-ring (bicyclic) bond motifs is 1. The normalized spacial score (nSPS) is 20.2. The monoisotopic (exact) mass is 267 g/mol. The Balaban J connectivity index is 2.11. The highest BCUT2D eigenvalue weighted by Crippen LogP contribution is 2.38. The van der Waals surface area contributed by atoms with Crippen LogP contribution in [-0.4, -0.2) is 13.7 Å². The van der Waals surface area contributed by atoms with Crippen LogP contribution in [0.15, 0.2) is 48.5 Å². The van der Waals surface area contributed by atoms with Crippen LogP contribution in [0.3, 0.4) is 0 Å². The lowest BCUT2D eigenvalue weighted by Gasteiger charge is -2.38. The molecular weight excluding hydrogens is 246 g/mol. The average Bonchev–Trinajstić information content (AvgIpc) is 2.48. The molecule has 1 unspecified atom stereocenters. The molecule has 2 nitrogen and oxygen atoms in total. The molecule has 1 N–H and O–H groups in total. The molecule has 1 aliphatic heterocycles. The second-order valence-electron chi connectivity index (χ2n) is 6.06. The molecule has 2 heteroatoms. The van der Waals surface area contributed by atoms with E-state index in [1.54, 1.807) is 7.11 Å². The third-order valence-electron chi connectivity index (χ3n) is 4.18. The predicted molar refractivity (Wildman–Crippen MR) is 82.3 cm³/mol. The molecule has 1 atom stereocenters. The highest BCUT2D eigenvalue weighted by Gasteiger charge is 2.33. The molecule has 1 heterocycles. The summed E-state index contributed by atoms with van der Waals surface area (Å²) in [5.74, 6) is 0.936. The molecule has 0 radical (unpaired) electrons. The predicted octanol–water partition coefficient (Wildman–Crippen LogP) is 3.67. The first-order valence-corrected chi connectivity index (χ1v) is 7.08. The number of hydrogen-bond acceptors (Lipinski definition) is 2. The number of ether oxygens (including phenoxy) is 1. The number of methoxy groups -OCH3 is 1. The van der Waals surface area contributed by atoms with Crippen LogP contribution in [-0.2, 0) is 5.41 Å². The molecule has 104 valence electrons. The van der Waals surface area contributed by atoms with Crippen LogP contribution < -0.4 is 10.1 Å². The van der Waals surface area contributed by atoms with Gasteiger partial charge in [0.2, 0.25) is 0 Å². The molecule has 0 saturated carbocycles. The van der Waals surface area contributed by atoms with E-state index in [-0.39, 0.29) is 11.5 Å². The van der Waals surface area contributed by atoms with E-state index in [1.165, 1.54) is 16.7 Å². The maximum Gasteiger partial charge on any atom is 0.119 e. The first-order chi connectivity index (χ1) is 9.62. The zero-order chi connectivity index (χ0) is 14.2. The molecule has 2 aromatic carbocycles. The number of nitrogens with one attached hydrogen (secondary N) is 1. The minimum atomic E-state index is 0.120. The summed E-state index contributed by atoms with van der Waals surface area (Å²) >= 11 is 0. The molecule has 2 aromatic rings. The topological polar surface area (TPSA) is 21.3 Å². The summed E-state index contributed by atoms with van der Waals surface area (Å²) in [5.41, 5.74) is 4.17. The van der Waals surface area contributed by atoms with E-state index < -0.39 is 0 Å². The van der Waals surface area contributed by atoms with Crippen molar-refractivity contribution in [1.82, 2.24) is 5.32 Å². The third-order valence-corrected chi connectivity index (χ3v) is 4.18. The summed E-state index contributed by atoms with van der Waals surface area (Å²) in [6.45, 7) is 5.52. The van der Waals surface area contributed by atoms with E-state index >= 15 is 0 Å². The first-order valence-electron chi connectivity index (χ1n) is 7.08. The highest BCUT2D eigenvalue weighted by atomic mass is 16.5. The first kappa shape index (κ1) is 13.2. The van der Waals surface area contributed by atoms with Crippen molar-refractivity contribution < 1.29 is 4.74 Å². The number of hydrogen-bond donors (Lipinski definition) is 1. The van der Waals surface area contributed by atoms with Crippen molar-refractivity contribution in [3.8, 4) is 5.75 Å². The van der Waals surface area contributed by atoms with E-state index in [0.29, 0.717) is 0 Å². The summed E-state index contributed by atoms with van der Waals surface area (Å²) in [5, 5.41) is 3.68. The van der Waals surface area contributed by atoms with Crippen LogP contribution in [0.5, 0.6) is 5.75 Å². The van der Waals surface area contributed by atoms with Gasteiger partial charge in [-0.3, -0.25) is 0 Å². The maximum absolute atomic E-state index is 5.39. The van der Waals surface area contributed by atoms with Crippen LogP contribution in [0.4, 0.5) is 0 Å². The number of rotatable bonds is 2. The van der Waals surface area contributed by atoms with Gasteiger partial charge in [-0.05, 0) is 28.8 Å². The zero-order valence-corrected chi connectivity index (χ0v) is 12.3. The summed E-state index contributed by atoms with van der Waals surface area (Å²) in [6.07, 6.45) is 0. The summed E-state index contributed by atoms with van der Waals surface area (Å²) < 4.78 is 5.39. The van der Waals surface area contributed by atoms with Crippen LogP contribution in [0.1, 0.15) is 36.6 Å². The molecule has 0 amide bonds. The van der Waals surface area contributed by atoms with Gasteiger partial charge in [0.25, 0.3) is 0 Å². The Morgan fingerprint density at radius 1 is 1.10 bits per heavy atom. The average molecular weight is 267 g/mol. The van der Waals surface area contributed by atoms with Gasteiger partial charge in [0.1, 0.15) is 5.75 Å². The smallest absolute Gasteiger partial charge is 0.119 e. The largest absolute Gasteiger partial charge is 0.497 e. The second-order valence-corrected chi connectivity index (χ2v) is 6.06. The van der Waals surface area contributed by atoms with Crippen molar-refractivity contribution in [2.24, 2.45) is 0 Å². The zero-order valence-electron chi connectivity index (χ0n) is 12.3. The molecule has 0 aliphatic carbocycles. The summed E-state index contributed by atoms with van der Waals surface area (Å²) in [6, 6.07) is 17.3. The van der Waals surface area contributed by atoms with Crippen molar-refractivity contribution in [2.75, 3.05) is 13.7 Å². The van der Waals surface area contributed by atoms with Gasteiger partial charge in [0.05, 0.1) is 13.2 Å². The van der Waals surface area contributed by atoms with E-state index in [9.17, 15) is 0 Å². The molecular formula is C18H21NO. The Hall–Kier alpha value is -1.80. The van der Waals surface area contributed by atoms with Gasteiger partial charge >= 0.3 is 0 Å². The van der Waals surface area contributed by atoms with E-state index in [2.05, 4.69) is 67.7 Å². The van der Waals surface area contributed by atoms with Crippen molar-refractivity contribution in [3.05, 3.63) is 65.2 Å². The van der Waals surface area contributed by atoms with E-state index in [1.807, 2.05) is 0 Å². The highest BCUT2D eigenvalue weighted by molar-refractivity contribution is 5.47. The number of benzene rings is 2. The van der Waals surface area contributed by atoms with Gasteiger partial charge in [0, 0.05) is 12.0 Å².